The third-order valence-electron chi connectivity index (χ3n) is 2.75. The second-order valence-electron chi connectivity index (χ2n) is 4.11. The van der Waals surface area contributed by atoms with E-state index in [4.69, 9.17) is 4.74 Å². The van der Waals surface area contributed by atoms with Crippen LogP contribution in [0.5, 0.6) is 0 Å². The zero-order valence-electron chi connectivity index (χ0n) is 9.48. The van der Waals surface area contributed by atoms with Crippen LogP contribution in [0.2, 0.25) is 0 Å². The number of nitrogens with one attached hydrogen (secondary N) is 1. The van der Waals surface area contributed by atoms with Crippen LogP contribution in [0, 0.1) is 0 Å². The maximum absolute atomic E-state index is 11.8. The lowest BCUT2D eigenvalue weighted by Crippen LogP contribution is -2.46. The van der Waals surface area contributed by atoms with Gasteiger partial charge in [0, 0.05) is 19.3 Å². The molecule has 0 spiro atoms. The standard InChI is InChI=1S/C10H14BrN3O3/c1-13-2-3-17-7(5-13)6-14-9(15)8(11)4-12-10(14)16/h4,7H,2-3,5-6H2,1H3,(H,12,16). The van der Waals surface area contributed by atoms with Crippen molar-refractivity contribution in [2.75, 3.05) is 26.7 Å². The van der Waals surface area contributed by atoms with Gasteiger partial charge in [0.25, 0.3) is 5.56 Å². The zero-order chi connectivity index (χ0) is 12.4. The van der Waals surface area contributed by atoms with Gasteiger partial charge in [0.15, 0.2) is 0 Å². The third kappa shape index (κ3) is 2.85. The number of nitrogens with zero attached hydrogens (tertiary/aromatic N) is 2. The summed E-state index contributed by atoms with van der Waals surface area (Å²) in [5.41, 5.74) is -0.736. The minimum Gasteiger partial charge on any atom is -0.374 e. The molecule has 2 heterocycles. The van der Waals surface area contributed by atoms with E-state index in [-0.39, 0.29) is 18.2 Å². The van der Waals surface area contributed by atoms with Crippen LogP contribution in [0.1, 0.15) is 0 Å². The summed E-state index contributed by atoms with van der Waals surface area (Å²) in [5, 5.41) is 0. The molecular weight excluding hydrogens is 290 g/mol. The van der Waals surface area contributed by atoms with Crippen molar-refractivity contribution in [3.05, 3.63) is 31.5 Å². The van der Waals surface area contributed by atoms with Crippen molar-refractivity contribution in [1.29, 1.82) is 0 Å². The summed E-state index contributed by atoms with van der Waals surface area (Å²) in [5.74, 6) is 0. The quantitative estimate of drug-likeness (QED) is 0.809. The Morgan fingerprint density at radius 1 is 1.59 bits per heavy atom. The molecule has 0 radical (unpaired) electrons. The van der Waals surface area contributed by atoms with Crippen LogP contribution >= 0.6 is 15.9 Å². The molecule has 1 fully saturated rings. The first-order valence-electron chi connectivity index (χ1n) is 5.36. The largest absolute Gasteiger partial charge is 0.374 e. The van der Waals surface area contributed by atoms with E-state index in [1.165, 1.54) is 6.20 Å². The molecule has 1 aliphatic heterocycles. The highest BCUT2D eigenvalue weighted by Crippen LogP contribution is 2.04. The number of hydrogen-bond donors (Lipinski definition) is 1. The van der Waals surface area contributed by atoms with Gasteiger partial charge in [-0.05, 0) is 23.0 Å². The fourth-order valence-corrected chi connectivity index (χ4v) is 2.16. The van der Waals surface area contributed by atoms with Crippen LogP contribution in [0.15, 0.2) is 20.3 Å². The van der Waals surface area contributed by atoms with Gasteiger partial charge in [-0.3, -0.25) is 9.36 Å². The van der Waals surface area contributed by atoms with Gasteiger partial charge >= 0.3 is 5.69 Å². The average Bonchev–Trinajstić information content (AvgIpc) is 2.30. The molecule has 1 unspecified atom stereocenters. The topological polar surface area (TPSA) is 67.3 Å². The first-order valence-corrected chi connectivity index (χ1v) is 6.15. The molecule has 0 aromatic carbocycles. The molecule has 1 saturated heterocycles. The molecule has 2 rings (SSSR count). The number of likely N-dealkylation sites (N-methyl/N-ethyl adjacent to an activating group) is 1. The zero-order valence-corrected chi connectivity index (χ0v) is 11.1. The van der Waals surface area contributed by atoms with Crippen molar-refractivity contribution in [3.8, 4) is 0 Å². The molecule has 17 heavy (non-hydrogen) atoms. The maximum atomic E-state index is 11.8. The second kappa shape index (κ2) is 5.16. The summed E-state index contributed by atoms with van der Waals surface area (Å²) in [6, 6.07) is 0. The normalized spacial score (nSPS) is 21.6. The summed E-state index contributed by atoms with van der Waals surface area (Å²) in [4.78, 5) is 28.0. The molecule has 7 heteroatoms. The Morgan fingerprint density at radius 3 is 3.06 bits per heavy atom. The van der Waals surface area contributed by atoms with Gasteiger partial charge in [0.2, 0.25) is 0 Å². The van der Waals surface area contributed by atoms with Gasteiger partial charge in [0.05, 0.1) is 23.7 Å². The highest BCUT2D eigenvalue weighted by molar-refractivity contribution is 9.10. The van der Waals surface area contributed by atoms with Gasteiger partial charge < -0.3 is 14.6 Å². The Kier molecular flexibility index (Phi) is 3.80. The summed E-state index contributed by atoms with van der Waals surface area (Å²) < 4.78 is 7.04. The fourth-order valence-electron chi connectivity index (χ4n) is 1.83. The molecule has 1 aromatic rings. The van der Waals surface area contributed by atoms with E-state index >= 15 is 0 Å². The van der Waals surface area contributed by atoms with Crippen molar-refractivity contribution in [1.82, 2.24) is 14.5 Å². The van der Waals surface area contributed by atoms with E-state index in [0.29, 0.717) is 11.1 Å². The summed E-state index contributed by atoms with van der Waals surface area (Å²) in [6.07, 6.45) is 1.23. The Bertz CT molecular complexity index is 510. The van der Waals surface area contributed by atoms with E-state index in [1.54, 1.807) is 0 Å². The molecule has 0 amide bonds. The van der Waals surface area contributed by atoms with Crippen molar-refractivity contribution in [3.63, 3.8) is 0 Å². The highest BCUT2D eigenvalue weighted by atomic mass is 79.9. The van der Waals surface area contributed by atoms with Crippen molar-refractivity contribution in [2.45, 2.75) is 12.6 Å². The molecule has 6 nitrogen and oxygen atoms in total. The highest BCUT2D eigenvalue weighted by Gasteiger charge is 2.19. The van der Waals surface area contributed by atoms with Crippen LogP contribution in [-0.2, 0) is 11.3 Å². The van der Waals surface area contributed by atoms with E-state index in [1.807, 2.05) is 7.05 Å². The van der Waals surface area contributed by atoms with E-state index in [2.05, 4.69) is 25.8 Å². The number of hydrogen-bond acceptors (Lipinski definition) is 4. The fraction of sp³-hybridized carbons (Fsp3) is 0.600. The maximum Gasteiger partial charge on any atom is 0.328 e. The van der Waals surface area contributed by atoms with Gasteiger partial charge in [0.1, 0.15) is 0 Å². The average molecular weight is 304 g/mol. The molecule has 1 N–H and O–H groups in total. The summed E-state index contributed by atoms with van der Waals surface area (Å²) >= 11 is 3.10. The van der Waals surface area contributed by atoms with Crippen molar-refractivity contribution < 1.29 is 4.74 Å². The second-order valence-corrected chi connectivity index (χ2v) is 4.97. The molecule has 0 saturated carbocycles. The van der Waals surface area contributed by atoms with Crippen LogP contribution in [-0.4, -0.2) is 47.3 Å². The Balaban J connectivity index is 2.21. The van der Waals surface area contributed by atoms with Crippen LogP contribution in [0.4, 0.5) is 0 Å². The minimum atomic E-state index is -0.407. The van der Waals surface area contributed by atoms with Crippen molar-refractivity contribution in [2.24, 2.45) is 0 Å². The molecule has 1 aromatic heterocycles. The number of halogens is 1. The number of rotatable bonds is 2. The Labute approximate surface area is 106 Å². The van der Waals surface area contributed by atoms with Gasteiger partial charge in [-0.25, -0.2) is 4.79 Å². The van der Waals surface area contributed by atoms with E-state index in [0.717, 1.165) is 17.7 Å². The lowest BCUT2D eigenvalue weighted by molar-refractivity contribution is -0.0285. The number of morpholine rings is 1. The van der Waals surface area contributed by atoms with Gasteiger partial charge in [-0.15, -0.1) is 0 Å². The first kappa shape index (κ1) is 12.5. The summed E-state index contributed by atoms with van der Waals surface area (Å²) in [7, 11) is 1.99. The SMILES string of the molecule is CN1CCOC(Cn2c(=O)[nH]cc(Br)c2=O)C1. The van der Waals surface area contributed by atoms with Crippen LogP contribution in [0.3, 0.4) is 0 Å². The molecule has 1 aliphatic rings. The smallest absolute Gasteiger partial charge is 0.328 e. The molecule has 0 aliphatic carbocycles. The molecule has 0 bridgehead atoms. The van der Waals surface area contributed by atoms with Gasteiger partial charge in [-0.2, -0.15) is 0 Å². The van der Waals surface area contributed by atoms with E-state index < -0.39 is 5.69 Å². The molecular formula is C10H14BrN3O3. The third-order valence-corrected chi connectivity index (χ3v) is 3.31. The monoisotopic (exact) mass is 303 g/mol. The van der Waals surface area contributed by atoms with E-state index in [9.17, 15) is 9.59 Å². The number of ether oxygens (including phenoxy) is 1. The predicted octanol–water partition coefficient (Wildman–Crippen LogP) is -0.370. The minimum absolute atomic E-state index is 0.123. The molecule has 1 atom stereocenters. The first-order chi connectivity index (χ1) is 8.08. The summed E-state index contributed by atoms with van der Waals surface area (Å²) in [6.45, 7) is 2.50. The van der Waals surface area contributed by atoms with Gasteiger partial charge in [-0.1, -0.05) is 0 Å². The number of H-pyrrole nitrogens is 1. The van der Waals surface area contributed by atoms with Crippen molar-refractivity contribution >= 4 is 15.9 Å². The lowest BCUT2D eigenvalue weighted by Gasteiger charge is -2.30. The van der Waals surface area contributed by atoms with Crippen LogP contribution < -0.4 is 11.2 Å². The van der Waals surface area contributed by atoms with Crippen LogP contribution in [0.25, 0.3) is 0 Å². The predicted molar refractivity (Wildman–Crippen MR) is 66.3 cm³/mol. The Hall–Kier alpha value is -0.920. The number of aromatic amines is 1. The molecule has 94 valence electrons. The Morgan fingerprint density at radius 2 is 2.35 bits per heavy atom. The lowest BCUT2D eigenvalue weighted by atomic mass is 10.3. The number of aromatic nitrogens is 2.